The molecule has 0 aromatic rings. The van der Waals surface area contributed by atoms with Crippen LogP contribution in [-0.2, 0) is 14.3 Å². The van der Waals surface area contributed by atoms with Gasteiger partial charge in [0.2, 0.25) is 0 Å². The number of methoxy groups -OCH3 is 1. The standard InChI is InChI=1S/C9H14O3/c1-11-9(10)7-12-8-5-3-2-4-6-8/h3,5,8H,2,4,6-7H2,1H3. The van der Waals surface area contributed by atoms with Crippen molar-refractivity contribution in [1.82, 2.24) is 0 Å². The molecule has 0 fully saturated rings. The van der Waals surface area contributed by atoms with Crippen LogP contribution in [0.4, 0.5) is 0 Å². The van der Waals surface area contributed by atoms with Crippen molar-refractivity contribution in [2.24, 2.45) is 0 Å². The predicted octanol–water partition coefficient (Wildman–Crippen LogP) is 1.28. The van der Waals surface area contributed by atoms with Crippen LogP contribution in [0.1, 0.15) is 19.3 Å². The van der Waals surface area contributed by atoms with Crippen LogP contribution >= 0.6 is 0 Å². The van der Waals surface area contributed by atoms with Crippen LogP contribution in [-0.4, -0.2) is 25.8 Å². The van der Waals surface area contributed by atoms with Gasteiger partial charge in [-0.2, -0.15) is 0 Å². The van der Waals surface area contributed by atoms with Gasteiger partial charge in [-0.1, -0.05) is 12.2 Å². The van der Waals surface area contributed by atoms with Crippen molar-refractivity contribution in [2.75, 3.05) is 13.7 Å². The Balaban J connectivity index is 2.17. The van der Waals surface area contributed by atoms with E-state index in [0.717, 1.165) is 19.3 Å². The van der Waals surface area contributed by atoms with Crippen molar-refractivity contribution in [3.63, 3.8) is 0 Å². The molecule has 3 heteroatoms. The number of ether oxygens (including phenoxy) is 2. The van der Waals surface area contributed by atoms with Crippen LogP contribution < -0.4 is 0 Å². The number of esters is 1. The molecule has 0 aromatic heterocycles. The Kier molecular flexibility index (Phi) is 3.80. The monoisotopic (exact) mass is 170 g/mol. The first-order valence-corrected chi connectivity index (χ1v) is 4.18. The first-order valence-electron chi connectivity index (χ1n) is 4.18. The quantitative estimate of drug-likeness (QED) is 0.473. The highest BCUT2D eigenvalue weighted by molar-refractivity contribution is 5.70. The highest BCUT2D eigenvalue weighted by Crippen LogP contribution is 2.13. The first kappa shape index (κ1) is 9.26. The third-order valence-electron chi connectivity index (χ3n) is 1.85. The molecule has 0 N–H and O–H groups in total. The number of rotatable bonds is 3. The zero-order valence-electron chi connectivity index (χ0n) is 7.29. The van der Waals surface area contributed by atoms with Crippen molar-refractivity contribution in [2.45, 2.75) is 25.4 Å². The Morgan fingerprint density at radius 1 is 1.67 bits per heavy atom. The molecule has 1 aliphatic carbocycles. The number of carbonyl (C=O) groups excluding carboxylic acids is 1. The lowest BCUT2D eigenvalue weighted by atomic mass is 10.1. The number of carbonyl (C=O) groups is 1. The van der Waals surface area contributed by atoms with Gasteiger partial charge in [0, 0.05) is 0 Å². The summed E-state index contributed by atoms with van der Waals surface area (Å²) in [6.45, 7) is 0.0610. The molecular formula is C9H14O3. The minimum Gasteiger partial charge on any atom is -0.467 e. The molecule has 0 amide bonds. The summed E-state index contributed by atoms with van der Waals surface area (Å²) in [5, 5.41) is 0. The van der Waals surface area contributed by atoms with E-state index in [2.05, 4.69) is 10.8 Å². The second-order valence-corrected chi connectivity index (χ2v) is 2.78. The van der Waals surface area contributed by atoms with Gasteiger partial charge in [-0.15, -0.1) is 0 Å². The second kappa shape index (κ2) is 4.93. The summed E-state index contributed by atoms with van der Waals surface area (Å²) in [6.07, 6.45) is 7.48. The van der Waals surface area contributed by atoms with Crippen LogP contribution in [0, 0.1) is 0 Å². The van der Waals surface area contributed by atoms with Gasteiger partial charge in [-0.05, 0) is 19.3 Å². The van der Waals surface area contributed by atoms with Crippen LogP contribution in [0.3, 0.4) is 0 Å². The van der Waals surface area contributed by atoms with E-state index in [1.165, 1.54) is 7.11 Å². The predicted molar refractivity (Wildman–Crippen MR) is 44.7 cm³/mol. The summed E-state index contributed by atoms with van der Waals surface area (Å²) < 4.78 is 9.73. The van der Waals surface area contributed by atoms with Crippen LogP contribution in [0.5, 0.6) is 0 Å². The average molecular weight is 170 g/mol. The second-order valence-electron chi connectivity index (χ2n) is 2.78. The Morgan fingerprint density at radius 3 is 3.08 bits per heavy atom. The highest BCUT2D eigenvalue weighted by Gasteiger charge is 2.10. The van der Waals surface area contributed by atoms with Gasteiger partial charge in [0.15, 0.2) is 0 Å². The van der Waals surface area contributed by atoms with Crippen molar-refractivity contribution < 1.29 is 14.3 Å². The molecule has 1 rings (SSSR count). The van der Waals surface area contributed by atoms with Crippen molar-refractivity contribution >= 4 is 5.97 Å². The fourth-order valence-electron chi connectivity index (χ4n) is 1.15. The maximum absolute atomic E-state index is 10.7. The fraction of sp³-hybridized carbons (Fsp3) is 0.667. The Bertz CT molecular complexity index is 175. The van der Waals surface area contributed by atoms with Crippen molar-refractivity contribution in [3.05, 3.63) is 12.2 Å². The first-order chi connectivity index (χ1) is 5.83. The summed E-state index contributed by atoms with van der Waals surface area (Å²) in [7, 11) is 1.36. The van der Waals surface area contributed by atoms with E-state index < -0.39 is 0 Å². The topological polar surface area (TPSA) is 35.5 Å². The fourth-order valence-corrected chi connectivity index (χ4v) is 1.15. The molecule has 1 atom stereocenters. The third kappa shape index (κ3) is 3.05. The van der Waals surface area contributed by atoms with Gasteiger partial charge < -0.3 is 9.47 Å². The molecule has 68 valence electrons. The van der Waals surface area contributed by atoms with Gasteiger partial charge in [0.25, 0.3) is 0 Å². The molecule has 1 unspecified atom stereocenters. The summed E-state index contributed by atoms with van der Waals surface area (Å²) in [5.41, 5.74) is 0. The van der Waals surface area contributed by atoms with E-state index in [-0.39, 0.29) is 18.7 Å². The van der Waals surface area contributed by atoms with Crippen LogP contribution in [0.2, 0.25) is 0 Å². The minimum absolute atomic E-state index is 0.0610. The summed E-state index contributed by atoms with van der Waals surface area (Å²) >= 11 is 0. The molecule has 0 bridgehead atoms. The maximum atomic E-state index is 10.7. The molecule has 0 saturated carbocycles. The number of hydrogen-bond donors (Lipinski definition) is 0. The lowest BCUT2D eigenvalue weighted by Gasteiger charge is -2.15. The lowest BCUT2D eigenvalue weighted by Crippen LogP contribution is -2.18. The molecule has 0 aliphatic heterocycles. The van der Waals surface area contributed by atoms with E-state index in [4.69, 9.17) is 4.74 Å². The largest absolute Gasteiger partial charge is 0.467 e. The van der Waals surface area contributed by atoms with E-state index in [0.29, 0.717) is 0 Å². The van der Waals surface area contributed by atoms with Crippen molar-refractivity contribution in [1.29, 1.82) is 0 Å². The third-order valence-corrected chi connectivity index (χ3v) is 1.85. The minimum atomic E-state index is -0.311. The smallest absolute Gasteiger partial charge is 0.331 e. The Hall–Kier alpha value is -0.830. The van der Waals surface area contributed by atoms with E-state index in [9.17, 15) is 4.79 Å². The highest BCUT2D eigenvalue weighted by atomic mass is 16.6. The molecule has 0 saturated heterocycles. The zero-order valence-corrected chi connectivity index (χ0v) is 7.29. The molecule has 0 spiro atoms. The van der Waals surface area contributed by atoms with Gasteiger partial charge in [0.05, 0.1) is 13.2 Å². The van der Waals surface area contributed by atoms with Gasteiger partial charge in [-0.3, -0.25) is 0 Å². The SMILES string of the molecule is COC(=O)COC1C=CCCC1. The van der Waals surface area contributed by atoms with E-state index >= 15 is 0 Å². The molecule has 0 radical (unpaired) electrons. The Morgan fingerprint density at radius 2 is 2.50 bits per heavy atom. The molecule has 1 aliphatic rings. The average Bonchev–Trinajstić information content (AvgIpc) is 2.16. The molecular weight excluding hydrogens is 156 g/mol. The molecule has 0 heterocycles. The number of hydrogen-bond acceptors (Lipinski definition) is 3. The van der Waals surface area contributed by atoms with E-state index in [1.807, 2.05) is 6.08 Å². The zero-order chi connectivity index (χ0) is 8.81. The van der Waals surface area contributed by atoms with Gasteiger partial charge >= 0.3 is 5.97 Å². The van der Waals surface area contributed by atoms with E-state index in [1.54, 1.807) is 0 Å². The van der Waals surface area contributed by atoms with Crippen LogP contribution in [0.15, 0.2) is 12.2 Å². The summed E-state index contributed by atoms with van der Waals surface area (Å²) in [4.78, 5) is 10.7. The van der Waals surface area contributed by atoms with Gasteiger partial charge in [0.1, 0.15) is 6.61 Å². The normalized spacial score (nSPS) is 22.2. The molecule has 12 heavy (non-hydrogen) atoms. The lowest BCUT2D eigenvalue weighted by molar-refractivity contribution is -0.147. The van der Waals surface area contributed by atoms with Gasteiger partial charge in [-0.25, -0.2) is 4.79 Å². The maximum Gasteiger partial charge on any atom is 0.331 e. The molecule has 3 nitrogen and oxygen atoms in total. The number of allylic oxidation sites excluding steroid dienone is 1. The van der Waals surface area contributed by atoms with Crippen LogP contribution in [0.25, 0.3) is 0 Å². The summed E-state index contributed by atoms with van der Waals surface area (Å²) in [6, 6.07) is 0. The molecule has 0 aromatic carbocycles. The van der Waals surface area contributed by atoms with Crippen molar-refractivity contribution in [3.8, 4) is 0 Å². The Labute approximate surface area is 72.4 Å². The summed E-state index contributed by atoms with van der Waals surface area (Å²) in [5.74, 6) is -0.311.